The number of sulfone groups is 1. The highest BCUT2D eigenvalue weighted by Crippen LogP contribution is 2.26. The van der Waals surface area contributed by atoms with Gasteiger partial charge in [-0.3, -0.25) is 0 Å². The Morgan fingerprint density at radius 3 is 2.55 bits per heavy atom. The normalized spacial score (nSPS) is 13.5. The van der Waals surface area contributed by atoms with Gasteiger partial charge in [-0.1, -0.05) is 48.2 Å². The Morgan fingerprint density at radius 1 is 1.27 bits per heavy atom. The molecule has 0 aliphatic carbocycles. The first kappa shape index (κ1) is 17.2. The van der Waals surface area contributed by atoms with Crippen LogP contribution in [0.2, 0.25) is 10.0 Å². The van der Waals surface area contributed by atoms with Crippen LogP contribution in [0, 0.1) is 5.92 Å². The average molecular weight is 364 g/mol. The van der Waals surface area contributed by atoms with Crippen molar-refractivity contribution in [2.75, 3.05) is 0 Å². The summed E-state index contributed by atoms with van der Waals surface area (Å²) >= 11 is 11.8. The molecule has 6 nitrogen and oxygen atoms in total. The van der Waals surface area contributed by atoms with Crippen molar-refractivity contribution in [3.63, 3.8) is 0 Å². The predicted octanol–water partition coefficient (Wildman–Crippen LogP) is 3.01. The van der Waals surface area contributed by atoms with Gasteiger partial charge in [0.05, 0.1) is 11.8 Å². The third kappa shape index (κ3) is 3.78. The molecule has 0 amide bonds. The molecule has 9 heteroatoms. The van der Waals surface area contributed by atoms with Gasteiger partial charge in [0.25, 0.3) is 0 Å². The second kappa shape index (κ2) is 6.54. The van der Waals surface area contributed by atoms with Crippen LogP contribution in [0.15, 0.2) is 27.8 Å². The standard InChI is InChI=1S/C13H15Cl2N3O3S/c1-7(2)11(16)12-17-18-13(21-12)22(19,20)6-8-3-4-9(14)5-10(8)15/h3-5,7,11H,6,16H2,1-2H3/t11-/m0/s1. The molecule has 0 fully saturated rings. The Morgan fingerprint density at radius 2 is 1.95 bits per heavy atom. The lowest BCUT2D eigenvalue weighted by atomic mass is 10.1. The minimum absolute atomic E-state index is 0.0433. The molecular weight excluding hydrogens is 349 g/mol. The largest absolute Gasteiger partial charge is 0.411 e. The highest BCUT2D eigenvalue weighted by atomic mass is 35.5. The second-order valence-electron chi connectivity index (χ2n) is 5.17. The van der Waals surface area contributed by atoms with Crippen molar-refractivity contribution in [3.8, 4) is 0 Å². The molecule has 1 heterocycles. The molecule has 2 N–H and O–H groups in total. The van der Waals surface area contributed by atoms with Crippen molar-refractivity contribution in [1.82, 2.24) is 10.2 Å². The highest BCUT2D eigenvalue weighted by Gasteiger charge is 2.26. The Labute approximate surface area is 138 Å². The summed E-state index contributed by atoms with van der Waals surface area (Å²) in [6.07, 6.45) is 0. The first-order valence-electron chi connectivity index (χ1n) is 6.46. The Hall–Kier alpha value is -1.15. The van der Waals surface area contributed by atoms with Crippen LogP contribution in [0.25, 0.3) is 0 Å². The van der Waals surface area contributed by atoms with E-state index in [-0.39, 0.29) is 22.6 Å². The summed E-state index contributed by atoms with van der Waals surface area (Å²) in [6.45, 7) is 3.74. The lowest BCUT2D eigenvalue weighted by Gasteiger charge is -2.09. The summed E-state index contributed by atoms with van der Waals surface area (Å²) in [4.78, 5) is 0. The van der Waals surface area contributed by atoms with Gasteiger partial charge in [-0.15, -0.1) is 5.10 Å². The monoisotopic (exact) mass is 363 g/mol. The van der Waals surface area contributed by atoms with E-state index < -0.39 is 21.1 Å². The summed E-state index contributed by atoms with van der Waals surface area (Å²) < 4.78 is 29.8. The van der Waals surface area contributed by atoms with Gasteiger partial charge in [0.15, 0.2) is 0 Å². The minimum atomic E-state index is -3.81. The number of benzene rings is 1. The van der Waals surface area contributed by atoms with E-state index in [2.05, 4.69) is 10.2 Å². The van der Waals surface area contributed by atoms with E-state index in [0.717, 1.165) is 0 Å². The molecule has 0 unspecified atom stereocenters. The summed E-state index contributed by atoms with van der Waals surface area (Å²) in [6, 6.07) is 4.06. The van der Waals surface area contributed by atoms with Crippen molar-refractivity contribution < 1.29 is 12.8 Å². The molecule has 2 rings (SSSR count). The Bertz CT molecular complexity index is 775. The predicted molar refractivity (Wildman–Crippen MR) is 83.4 cm³/mol. The second-order valence-corrected chi connectivity index (χ2v) is 7.88. The molecule has 1 aromatic carbocycles. The molecular formula is C13H15Cl2N3O3S. The molecule has 2 aromatic rings. The number of hydrogen-bond acceptors (Lipinski definition) is 6. The zero-order chi connectivity index (χ0) is 16.5. The molecule has 120 valence electrons. The van der Waals surface area contributed by atoms with Gasteiger partial charge in [0, 0.05) is 10.0 Å². The van der Waals surface area contributed by atoms with Gasteiger partial charge in [-0.05, 0) is 23.6 Å². The zero-order valence-corrected chi connectivity index (χ0v) is 14.3. The zero-order valence-electron chi connectivity index (χ0n) is 12.0. The molecule has 0 aliphatic rings. The molecule has 0 spiro atoms. The summed E-state index contributed by atoms with van der Waals surface area (Å²) in [5.41, 5.74) is 6.26. The topological polar surface area (TPSA) is 99.1 Å². The molecule has 0 saturated carbocycles. The van der Waals surface area contributed by atoms with Crippen LogP contribution in [0.5, 0.6) is 0 Å². The number of hydrogen-bond donors (Lipinski definition) is 1. The maximum absolute atomic E-state index is 12.3. The summed E-state index contributed by atoms with van der Waals surface area (Å²) in [5.74, 6) is -0.223. The SMILES string of the molecule is CC(C)[C@H](N)c1nnc(S(=O)(=O)Cc2ccc(Cl)cc2Cl)o1. The minimum Gasteiger partial charge on any atom is -0.411 e. The Balaban J connectivity index is 2.27. The van der Waals surface area contributed by atoms with Crippen LogP contribution in [0.4, 0.5) is 0 Å². The van der Waals surface area contributed by atoms with Crippen LogP contribution in [-0.4, -0.2) is 18.6 Å². The van der Waals surface area contributed by atoms with Crippen LogP contribution in [0.3, 0.4) is 0 Å². The quantitative estimate of drug-likeness (QED) is 0.876. The fraction of sp³-hybridized carbons (Fsp3) is 0.385. The van der Waals surface area contributed by atoms with Crippen molar-refractivity contribution in [2.45, 2.75) is 30.9 Å². The highest BCUT2D eigenvalue weighted by molar-refractivity contribution is 7.90. The average Bonchev–Trinajstić information content (AvgIpc) is 2.91. The molecule has 0 saturated heterocycles. The number of rotatable bonds is 5. The third-order valence-corrected chi connectivity index (χ3v) is 5.03. The first-order valence-corrected chi connectivity index (χ1v) is 8.87. The summed E-state index contributed by atoms with van der Waals surface area (Å²) in [5, 5.41) is 7.50. The molecule has 22 heavy (non-hydrogen) atoms. The Kier molecular flexibility index (Phi) is 5.11. The van der Waals surface area contributed by atoms with E-state index >= 15 is 0 Å². The number of nitrogens with zero attached hydrogens (tertiary/aromatic N) is 2. The van der Waals surface area contributed by atoms with Gasteiger partial charge in [-0.2, -0.15) is 0 Å². The smallest absolute Gasteiger partial charge is 0.335 e. The van der Waals surface area contributed by atoms with Gasteiger partial charge in [0.1, 0.15) is 0 Å². The molecule has 1 aromatic heterocycles. The molecule has 1 atom stereocenters. The fourth-order valence-electron chi connectivity index (χ4n) is 1.67. The van der Waals surface area contributed by atoms with Crippen LogP contribution in [-0.2, 0) is 15.6 Å². The van der Waals surface area contributed by atoms with E-state index in [4.69, 9.17) is 33.4 Å². The van der Waals surface area contributed by atoms with E-state index in [1.54, 1.807) is 12.1 Å². The van der Waals surface area contributed by atoms with Crippen molar-refractivity contribution >= 4 is 33.0 Å². The van der Waals surface area contributed by atoms with Crippen LogP contribution < -0.4 is 5.73 Å². The maximum Gasteiger partial charge on any atom is 0.335 e. The lowest BCUT2D eigenvalue weighted by Crippen LogP contribution is -2.17. The van der Waals surface area contributed by atoms with Crippen molar-refractivity contribution in [2.24, 2.45) is 11.7 Å². The van der Waals surface area contributed by atoms with E-state index in [0.29, 0.717) is 10.6 Å². The number of halogens is 2. The molecule has 0 aliphatic heterocycles. The number of aromatic nitrogens is 2. The summed E-state index contributed by atoms with van der Waals surface area (Å²) in [7, 11) is -3.81. The first-order chi connectivity index (χ1) is 10.2. The fourth-order valence-corrected chi connectivity index (χ4v) is 3.39. The van der Waals surface area contributed by atoms with Crippen LogP contribution in [0.1, 0.15) is 31.3 Å². The maximum atomic E-state index is 12.3. The third-order valence-electron chi connectivity index (χ3n) is 3.05. The lowest BCUT2D eigenvalue weighted by molar-refractivity contribution is 0.341. The van der Waals surface area contributed by atoms with Crippen molar-refractivity contribution in [1.29, 1.82) is 0 Å². The van der Waals surface area contributed by atoms with Crippen LogP contribution >= 0.6 is 23.2 Å². The van der Waals surface area contributed by atoms with E-state index in [9.17, 15) is 8.42 Å². The molecule has 0 radical (unpaired) electrons. The van der Waals surface area contributed by atoms with Gasteiger partial charge >= 0.3 is 5.22 Å². The van der Waals surface area contributed by atoms with Gasteiger partial charge < -0.3 is 10.2 Å². The van der Waals surface area contributed by atoms with Gasteiger partial charge in [0.2, 0.25) is 15.7 Å². The van der Waals surface area contributed by atoms with Gasteiger partial charge in [-0.25, -0.2) is 8.42 Å². The van der Waals surface area contributed by atoms with E-state index in [1.807, 2.05) is 13.8 Å². The van der Waals surface area contributed by atoms with E-state index in [1.165, 1.54) is 6.07 Å². The number of nitrogens with two attached hydrogens (primary N) is 1. The van der Waals surface area contributed by atoms with Crippen molar-refractivity contribution in [3.05, 3.63) is 39.7 Å². The molecule has 0 bridgehead atoms.